The Morgan fingerprint density at radius 2 is 2.19 bits per heavy atom. The summed E-state index contributed by atoms with van der Waals surface area (Å²) < 4.78 is 26.3. The second-order valence-corrected chi connectivity index (χ2v) is 5.17. The first-order valence-electron chi connectivity index (χ1n) is 4.94. The number of rotatable bonds is 5. The zero-order valence-corrected chi connectivity index (χ0v) is 10.0. The Bertz CT molecular complexity index is 461. The van der Waals surface area contributed by atoms with Crippen molar-refractivity contribution in [2.75, 3.05) is 12.3 Å². The summed E-state index contributed by atoms with van der Waals surface area (Å²) in [5.41, 5.74) is 6.59. The van der Waals surface area contributed by atoms with Gasteiger partial charge < -0.3 is 5.73 Å². The molecular weight excluding hydrogens is 224 g/mol. The lowest BCUT2D eigenvalue weighted by Crippen LogP contribution is -2.26. The van der Waals surface area contributed by atoms with Crippen molar-refractivity contribution < 1.29 is 8.42 Å². The highest BCUT2D eigenvalue weighted by Gasteiger charge is 2.18. The first-order chi connectivity index (χ1) is 7.49. The Labute approximate surface area is 96.2 Å². The Hall–Kier alpha value is -1.33. The van der Waals surface area contributed by atoms with Crippen LogP contribution in [0.25, 0.3) is 0 Å². The number of hydrogen-bond donors (Lipinski definition) is 2. The van der Waals surface area contributed by atoms with Gasteiger partial charge in [-0.15, -0.1) is 6.58 Å². The molecule has 0 aromatic heterocycles. The number of sulfonamides is 1. The first kappa shape index (κ1) is 12.7. The normalized spacial score (nSPS) is 11.3. The molecule has 1 rings (SSSR count). The molecule has 0 fully saturated rings. The van der Waals surface area contributed by atoms with E-state index in [-0.39, 0.29) is 10.6 Å². The lowest BCUT2D eigenvalue weighted by Gasteiger charge is -2.10. The molecule has 0 aliphatic heterocycles. The van der Waals surface area contributed by atoms with E-state index >= 15 is 0 Å². The molecule has 0 spiro atoms. The fourth-order valence-corrected chi connectivity index (χ4v) is 2.81. The quantitative estimate of drug-likeness (QED) is 0.464. The van der Waals surface area contributed by atoms with Crippen molar-refractivity contribution in [2.24, 2.45) is 0 Å². The molecule has 1 aromatic rings. The summed E-state index contributed by atoms with van der Waals surface area (Å²) >= 11 is 0. The zero-order chi connectivity index (χ0) is 12.2. The number of aryl methyl sites for hydroxylation is 1. The summed E-state index contributed by atoms with van der Waals surface area (Å²) in [6.45, 7) is 5.58. The van der Waals surface area contributed by atoms with Crippen LogP contribution >= 0.6 is 0 Å². The van der Waals surface area contributed by atoms with E-state index in [9.17, 15) is 8.42 Å². The Balaban J connectivity index is 3.03. The van der Waals surface area contributed by atoms with Gasteiger partial charge >= 0.3 is 0 Å². The van der Waals surface area contributed by atoms with Crippen LogP contribution < -0.4 is 10.5 Å². The van der Waals surface area contributed by atoms with Gasteiger partial charge in [0.25, 0.3) is 0 Å². The van der Waals surface area contributed by atoms with Crippen LogP contribution in [0.4, 0.5) is 5.69 Å². The summed E-state index contributed by atoms with van der Waals surface area (Å²) in [5, 5.41) is 0. The molecule has 0 aliphatic carbocycles. The topological polar surface area (TPSA) is 72.2 Å². The van der Waals surface area contributed by atoms with Gasteiger partial charge in [0.05, 0.1) is 5.69 Å². The van der Waals surface area contributed by atoms with Crippen LogP contribution in [0.2, 0.25) is 0 Å². The zero-order valence-electron chi connectivity index (χ0n) is 9.23. The number of nitrogen functional groups attached to an aromatic ring is 1. The van der Waals surface area contributed by atoms with E-state index in [0.717, 1.165) is 0 Å². The van der Waals surface area contributed by atoms with Gasteiger partial charge in [0, 0.05) is 6.54 Å². The number of hydrogen-bond acceptors (Lipinski definition) is 3. The number of anilines is 1. The molecule has 88 valence electrons. The average Bonchev–Trinajstić information content (AvgIpc) is 2.17. The van der Waals surface area contributed by atoms with Crippen molar-refractivity contribution >= 4 is 15.7 Å². The molecule has 3 N–H and O–H groups in total. The molecule has 0 aliphatic rings. The molecule has 0 heterocycles. The molecule has 5 heteroatoms. The van der Waals surface area contributed by atoms with E-state index in [4.69, 9.17) is 5.73 Å². The highest BCUT2D eigenvalue weighted by Crippen LogP contribution is 2.21. The van der Waals surface area contributed by atoms with Crippen molar-refractivity contribution in [3.05, 3.63) is 36.4 Å². The van der Waals surface area contributed by atoms with Crippen LogP contribution in [-0.2, 0) is 10.0 Å². The Morgan fingerprint density at radius 1 is 1.50 bits per heavy atom. The molecule has 0 amide bonds. The third-order valence-corrected chi connectivity index (χ3v) is 3.83. The molecule has 0 bridgehead atoms. The van der Waals surface area contributed by atoms with Gasteiger partial charge in [-0.05, 0) is 25.0 Å². The lowest BCUT2D eigenvalue weighted by molar-refractivity contribution is 0.582. The molecular formula is C11H16N2O2S. The van der Waals surface area contributed by atoms with Crippen molar-refractivity contribution in [1.82, 2.24) is 4.72 Å². The minimum absolute atomic E-state index is 0.166. The van der Waals surface area contributed by atoms with E-state index in [1.807, 2.05) is 0 Å². The van der Waals surface area contributed by atoms with E-state index in [2.05, 4.69) is 11.3 Å². The average molecular weight is 240 g/mol. The fraction of sp³-hybridized carbons (Fsp3) is 0.273. The van der Waals surface area contributed by atoms with Gasteiger partial charge in [0.1, 0.15) is 4.90 Å². The van der Waals surface area contributed by atoms with Crippen LogP contribution in [-0.4, -0.2) is 15.0 Å². The number of nitrogens with one attached hydrogen (secondary N) is 1. The molecule has 16 heavy (non-hydrogen) atoms. The SMILES string of the molecule is C=CCCNS(=O)(=O)c1c(C)cccc1N. The van der Waals surface area contributed by atoms with E-state index in [1.165, 1.54) is 0 Å². The Morgan fingerprint density at radius 3 is 2.75 bits per heavy atom. The molecule has 0 atom stereocenters. The molecule has 0 saturated carbocycles. The Kier molecular flexibility index (Phi) is 4.09. The monoisotopic (exact) mass is 240 g/mol. The van der Waals surface area contributed by atoms with E-state index < -0.39 is 10.0 Å². The highest BCUT2D eigenvalue weighted by molar-refractivity contribution is 7.89. The third kappa shape index (κ3) is 2.84. The number of nitrogens with two attached hydrogens (primary N) is 1. The lowest BCUT2D eigenvalue weighted by atomic mass is 10.2. The smallest absolute Gasteiger partial charge is 0.242 e. The van der Waals surface area contributed by atoms with Gasteiger partial charge in [0.15, 0.2) is 0 Å². The van der Waals surface area contributed by atoms with E-state index in [0.29, 0.717) is 18.5 Å². The number of benzene rings is 1. The summed E-state index contributed by atoms with van der Waals surface area (Å²) in [4.78, 5) is 0.166. The highest BCUT2D eigenvalue weighted by atomic mass is 32.2. The molecule has 0 saturated heterocycles. The maximum Gasteiger partial charge on any atom is 0.242 e. The predicted octanol–water partition coefficient (Wildman–Crippen LogP) is 1.43. The maximum atomic E-state index is 11.9. The van der Waals surface area contributed by atoms with Gasteiger partial charge in [-0.1, -0.05) is 18.2 Å². The third-order valence-electron chi connectivity index (χ3n) is 2.15. The minimum atomic E-state index is -3.52. The van der Waals surface area contributed by atoms with Gasteiger partial charge in [-0.3, -0.25) is 0 Å². The van der Waals surface area contributed by atoms with E-state index in [1.54, 1.807) is 31.2 Å². The second-order valence-electron chi connectivity index (χ2n) is 3.47. The van der Waals surface area contributed by atoms with Crippen molar-refractivity contribution in [3.8, 4) is 0 Å². The van der Waals surface area contributed by atoms with Crippen LogP contribution in [0.3, 0.4) is 0 Å². The summed E-state index contributed by atoms with van der Waals surface area (Å²) in [6, 6.07) is 5.03. The standard InChI is InChI=1S/C11H16N2O2S/c1-3-4-8-13-16(14,15)11-9(2)6-5-7-10(11)12/h3,5-7,13H,1,4,8,12H2,2H3. The summed E-state index contributed by atoms with van der Waals surface area (Å²) in [6.07, 6.45) is 2.24. The van der Waals surface area contributed by atoms with Gasteiger partial charge in [-0.2, -0.15) is 0 Å². The maximum absolute atomic E-state index is 11.9. The van der Waals surface area contributed by atoms with Crippen molar-refractivity contribution in [3.63, 3.8) is 0 Å². The molecule has 0 unspecified atom stereocenters. The molecule has 0 radical (unpaired) electrons. The van der Waals surface area contributed by atoms with Crippen LogP contribution in [0.15, 0.2) is 35.7 Å². The molecule has 4 nitrogen and oxygen atoms in total. The largest absolute Gasteiger partial charge is 0.398 e. The van der Waals surface area contributed by atoms with Crippen LogP contribution in [0, 0.1) is 6.92 Å². The van der Waals surface area contributed by atoms with Gasteiger partial charge in [-0.25, -0.2) is 13.1 Å². The van der Waals surface area contributed by atoms with Crippen molar-refractivity contribution in [2.45, 2.75) is 18.2 Å². The first-order valence-corrected chi connectivity index (χ1v) is 6.43. The second kappa shape index (κ2) is 5.14. The summed E-state index contributed by atoms with van der Waals surface area (Å²) in [5.74, 6) is 0. The van der Waals surface area contributed by atoms with Gasteiger partial charge in [0.2, 0.25) is 10.0 Å². The van der Waals surface area contributed by atoms with Crippen LogP contribution in [0.1, 0.15) is 12.0 Å². The predicted molar refractivity (Wildman–Crippen MR) is 65.6 cm³/mol. The van der Waals surface area contributed by atoms with Crippen molar-refractivity contribution in [1.29, 1.82) is 0 Å². The molecule has 1 aromatic carbocycles. The minimum Gasteiger partial charge on any atom is -0.398 e. The fourth-order valence-electron chi connectivity index (χ4n) is 1.41. The summed E-state index contributed by atoms with van der Waals surface area (Å²) in [7, 11) is -3.52. The van der Waals surface area contributed by atoms with Crippen LogP contribution in [0.5, 0.6) is 0 Å².